The minimum Gasteiger partial charge on any atom is -0.313 e. The third kappa shape index (κ3) is 4.61. The van der Waals surface area contributed by atoms with Gasteiger partial charge in [0.1, 0.15) is 0 Å². The number of hydrogen-bond donors (Lipinski definition) is 1. The number of nitrogens with one attached hydrogen (secondary N) is 1. The van der Waals surface area contributed by atoms with E-state index in [1.54, 1.807) is 0 Å². The van der Waals surface area contributed by atoms with Crippen LogP contribution in [0.5, 0.6) is 0 Å². The van der Waals surface area contributed by atoms with E-state index in [1.165, 1.54) is 34.2 Å². The monoisotopic (exact) mass is 360 g/mol. The summed E-state index contributed by atoms with van der Waals surface area (Å²) < 4.78 is 0. The molecule has 0 spiro atoms. The van der Waals surface area contributed by atoms with Crippen LogP contribution in [0.2, 0.25) is 0 Å². The van der Waals surface area contributed by atoms with Crippen molar-refractivity contribution in [2.75, 3.05) is 7.05 Å². The molecule has 2 aromatic rings. The van der Waals surface area contributed by atoms with Crippen molar-refractivity contribution in [1.82, 2.24) is 10.2 Å². The van der Waals surface area contributed by atoms with Crippen molar-refractivity contribution in [2.24, 2.45) is 5.92 Å². The number of hydrogen-bond acceptors (Lipinski definition) is 2. The van der Waals surface area contributed by atoms with E-state index in [0.29, 0.717) is 12.0 Å². The molecule has 142 valence electrons. The number of terminal acetylenes is 1. The maximum Gasteiger partial charge on any atom is 0.0320 e. The van der Waals surface area contributed by atoms with Crippen LogP contribution in [0, 0.1) is 25.2 Å². The van der Waals surface area contributed by atoms with Gasteiger partial charge in [0.2, 0.25) is 0 Å². The van der Waals surface area contributed by atoms with E-state index < -0.39 is 0 Å². The van der Waals surface area contributed by atoms with Crippen LogP contribution in [0.3, 0.4) is 0 Å². The molecule has 1 unspecified atom stereocenters. The maximum atomic E-state index is 5.85. The molecule has 1 aliphatic rings. The second kappa shape index (κ2) is 8.74. The molecule has 0 aromatic heterocycles. The summed E-state index contributed by atoms with van der Waals surface area (Å²) in [6, 6.07) is 13.7. The lowest BCUT2D eigenvalue weighted by atomic mass is 9.91. The molecule has 3 rings (SSSR count). The summed E-state index contributed by atoms with van der Waals surface area (Å²) in [4.78, 5) is 2.49. The Morgan fingerprint density at radius 2 is 1.78 bits per heavy atom. The molecule has 0 amide bonds. The SMILES string of the molecule is C#Cc1cc(C)c(C(CCC(C)C)NC)cc1CN1Cc2ccccc2C1. The highest BCUT2D eigenvalue weighted by molar-refractivity contribution is 5.47. The molecular formula is C25H32N2. The number of aryl methyl sites for hydroxylation is 1. The average Bonchev–Trinajstić information content (AvgIpc) is 3.06. The molecule has 1 heterocycles. The molecular weight excluding hydrogens is 328 g/mol. The molecule has 0 radical (unpaired) electrons. The second-order valence-corrected chi connectivity index (χ2v) is 8.24. The number of nitrogens with zero attached hydrogens (tertiary/aromatic N) is 1. The Bertz CT molecular complexity index is 804. The van der Waals surface area contributed by atoms with Gasteiger partial charge in [-0.3, -0.25) is 4.90 Å². The van der Waals surface area contributed by atoms with Gasteiger partial charge < -0.3 is 5.32 Å². The van der Waals surface area contributed by atoms with Crippen molar-refractivity contribution in [3.8, 4) is 12.3 Å². The Balaban J connectivity index is 1.83. The van der Waals surface area contributed by atoms with Crippen molar-refractivity contribution < 1.29 is 0 Å². The molecule has 27 heavy (non-hydrogen) atoms. The molecule has 2 aromatic carbocycles. The lowest BCUT2D eigenvalue weighted by Gasteiger charge is -2.23. The van der Waals surface area contributed by atoms with Gasteiger partial charge in [0.05, 0.1) is 0 Å². The van der Waals surface area contributed by atoms with Crippen molar-refractivity contribution in [2.45, 2.75) is 59.3 Å². The molecule has 0 fully saturated rings. The number of fused-ring (bicyclic) bond motifs is 1. The molecule has 0 saturated carbocycles. The van der Waals surface area contributed by atoms with Crippen molar-refractivity contribution in [3.05, 3.63) is 69.8 Å². The third-order valence-electron chi connectivity index (χ3n) is 5.70. The zero-order chi connectivity index (χ0) is 19.4. The smallest absolute Gasteiger partial charge is 0.0320 e. The summed E-state index contributed by atoms with van der Waals surface area (Å²) in [5.74, 6) is 3.64. The first kappa shape index (κ1) is 19.7. The summed E-state index contributed by atoms with van der Waals surface area (Å²) in [5, 5.41) is 3.52. The first-order chi connectivity index (χ1) is 13.0. The highest BCUT2D eigenvalue weighted by atomic mass is 15.1. The summed E-state index contributed by atoms with van der Waals surface area (Å²) >= 11 is 0. The maximum absolute atomic E-state index is 5.85. The largest absolute Gasteiger partial charge is 0.313 e. The Kier molecular flexibility index (Phi) is 6.37. The van der Waals surface area contributed by atoms with Gasteiger partial charge in [-0.25, -0.2) is 0 Å². The van der Waals surface area contributed by atoms with Crippen molar-refractivity contribution in [1.29, 1.82) is 0 Å². The minimum atomic E-state index is 0.383. The van der Waals surface area contributed by atoms with Gasteiger partial charge in [0, 0.05) is 31.2 Å². The topological polar surface area (TPSA) is 15.3 Å². The predicted octanol–water partition coefficient (Wildman–Crippen LogP) is 5.19. The zero-order valence-electron chi connectivity index (χ0n) is 17.2. The molecule has 1 atom stereocenters. The van der Waals surface area contributed by atoms with Gasteiger partial charge in [-0.1, -0.05) is 50.1 Å². The summed E-state index contributed by atoms with van der Waals surface area (Å²) in [7, 11) is 2.07. The third-order valence-corrected chi connectivity index (χ3v) is 5.70. The van der Waals surface area contributed by atoms with Crippen LogP contribution in [0.1, 0.15) is 66.1 Å². The Hall–Kier alpha value is -2.08. The van der Waals surface area contributed by atoms with E-state index >= 15 is 0 Å². The fraction of sp³-hybridized carbons (Fsp3) is 0.440. The van der Waals surface area contributed by atoms with E-state index in [2.05, 4.69) is 80.4 Å². The van der Waals surface area contributed by atoms with Crippen LogP contribution in [-0.2, 0) is 19.6 Å². The zero-order valence-corrected chi connectivity index (χ0v) is 17.2. The summed E-state index contributed by atoms with van der Waals surface area (Å²) in [5.41, 5.74) is 7.87. The van der Waals surface area contributed by atoms with Crippen LogP contribution in [0.15, 0.2) is 36.4 Å². The average molecular weight is 361 g/mol. The van der Waals surface area contributed by atoms with Gasteiger partial charge in [-0.05, 0) is 66.6 Å². The van der Waals surface area contributed by atoms with Crippen molar-refractivity contribution in [3.63, 3.8) is 0 Å². The first-order valence-electron chi connectivity index (χ1n) is 10.1. The Morgan fingerprint density at radius 3 is 2.33 bits per heavy atom. The molecule has 0 bridgehead atoms. The highest BCUT2D eigenvalue weighted by Crippen LogP contribution is 2.29. The van der Waals surface area contributed by atoms with E-state index in [9.17, 15) is 0 Å². The predicted molar refractivity (Wildman–Crippen MR) is 114 cm³/mol. The number of rotatable bonds is 7. The van der Waals surface area contributed by atoms with Gasteiger partial charge in [0.25, 0.3) is 0 Å². The molecule has 2 nitrogen and oxygen atoms in total. The van der Waals surface area contributed by atoms with Crippen LogP contribution in [-0.4, -0.2) is 11.9 Å². The normalized spacial score (nSPS) is 15.0. The molecule has 2 heteroatoms. The van der Waals surface area contributed by atoms with Gasteiger partial charge in [-0.15, -0.1) is 6.42 Å². The fourth-order valence-electron chi connectivity index (χ4n) is 4.12. The lowest BCUT2D eigenvalue weighted by Crippen LogP contribution is -2.20. The van der Waals surface area contributed by atoms with Crippen molar-refractivity contribution >= 4 is 0 Å². The molecule has 1 N–H and O–H groups in total. The van der Waals surface area contributed by atoms with Gasteiger partial charge in [-0.2, -0.15) is 0 Å². The van der Waals surface area contributed by atoms with E-state index in [1.807, 2.05) is 0 Å². The summed E-state index contributed by atoms with van der Waals surface area (Å²) in [6.45, 7) is 9.68. The second-order valence-electron chi connectivity index (χ2n) is 8.24. The van der Waals surface area contributed by atoms with Crippen LogP contribution < -0.4 is 5.32 Å². The Morgan fingerprint density at radius 1 is 1.11 bits per heavy atom. The number of benzene rings is 2. The quantitative estimate of drug-likeness (QED) is 0.684. The van der Waals surface area contributed by atoms with Gasteiger partial charge >= 0.3 is 0 Å². The molecule has 0 aliphatic carbocycles. The van der Waals surface area contributed by atoms with Crippen LogP contribution in [0.4, 0.5) is 0 Å². The minimum absolute atomic E-state index is 0.383. The highest BCUT2D eigenvalue weighted by Gasteiger charge is 2.21. The van der Waals surface area contributed by atoms with Crippen LogP contribution >= 0.6 is 0 Å². The Labute approximate surface area is 165 Å². The first-order valence-corrected chi connectivity index (χ1v) is 10.1. The van der Waals surface area contributed by atoms with E-state index in [0.717, 1.165) is 31.6 Å². The molecule has 0 saturated heterocycles. The van der Waals surface area contributed by atoms with Crippen LogP contribution in [0.25, 0.3) is 0 Å². The van der Waals surface area contributed by atoms with E-state index in [4.69, 9.17) is 6.42 Å². The molecule has 1 aliphatic heterocycles. The standard InChI is InChI=1S/C25H32N2/c1-6-20-13-19(4)24(25(26-5)12-11-18(2)3)14-23(20)17-27-15-21-9-7-8-10-22(21)16-27/h1,7-10,13-14,18,25-26H,11-12,15-17H2,2-5H3. The van der Waals surface area contributed by atoms with E-state index in [-0.39, 0.29) is 0 Å². The summed E-state index contributed by atoms with van der Waals surface area (Å²) in [6.07, 6.45) is 8.22. The van der Waals surface area contributed by atoms with Gasteiger partial charge in [0.15, 0.2) is 0 Å². The fourth-order valence-corrected chi connectivity index (χ4v) is 4.12. The lowest BCUT2D eigenvalue weighted by molar-refractivity contribution is 0.275.